The summed E-state index contributed by atoms with van der Waals surface area (Å²) < 4.78 is 0. The summed E-state index contributed by atoms with van der Waals surface area (Å²) in [6.07, 6.45) is 0.799. The quantitative estimate of drug-likeness (QED) is 0.678. The second-order valence-electron chi connectivity index (χ2n) is 3.91. The predicted octanol–water partition coefficient (Wildman–Crippen LogP) is 1.19. The maximum Gasteiger partial charge on any atom is 0.307 e. The zero-order chi connectivity index (χ0) is 9.30. The van der Waals surface area contributed by atoms with E-state index in [1.54, 1.807) is 0 Å². The van der Waals surface area contributed by atoms with Crippen LogP contribution in [0.15, 0.2) is 0 Å². The van der Waals surface area contributed by atoms with E-state index >= 15 is 0 Å². The first-order valence-electron chi connectivity index (χ1n) is 4.51. The molecule has 0 aromatic carbocycles. The van der Waals surface area contributed by atoms with Crippen LogP contribution in [-0.2, 0) is 4.79 Å². The normalized spacial score (nSPS) is 31.3. The first-order valence-corrected chi connectivity index (χ1v) is 4.51. The molecule has 12 heavy (non-hydrogen) atoms. The number of carboxylic acids is 1. The minimum absolute atomic E-state index is 0.151. The highest BCUT2D eigenvalue weighted by Crippen LogP contribution is 2.24. The SMILES string of the molecule is CC(C)N1CC(C(=O)O)CC1C. The van der Waals surface area contributed by atoms with Crippen molar-refractivity contribution in [1.82, 2.24) is 4.90 Å². The fourth-order valence-electron chi connectivity index (χ4n) is 1.95. The highest BCUT2D eigenvalue weighted by Gasteiger charge is 2.34. The molecule has 0 saturated carbocycles. The molecule has 3 heteroatoms. The fourth-order valence-corrected chi connectivity index (χ4v) is 1.95. The van der Waals surface area contributed by atoms with Crippen molar-refractivity contribution < 1.29 is 9.90 Å². The third-order valence-electron chi connectivity index (χ3n) is 2.64. The summed E-state index contributed by atoms with van der Waals surface area (Å²) >= 11 is 0. The summed E-state index contributed by atoms with van der Waals surface area (Å²) in [6.45, 7) is 7.04. The van der Waals surface area contributed by atoms with Crippen molar-refractivity contribution in [2.24, 2.45) is 5.92 Å². The molecule has 1 fully saturated rings. The van der Waals surface area contributed by atoms with Gasteiger partial charge >= 0.3 is 5.97 Å². The fraction of sp³-hybridized carbons (Fsp3) is 0.889. The first-order chi connectivity index (χ1) is 5.52. The molecule has 0 aromatic heterocycles. The maximum absolute atomic E-state index is 10.7. The first kappa shape index (κ1) is 9.52. The van der Waals surface area contributed by atoms with Gasteiger partial charge in [0.1, 0.15) is 0 Å². The number of aliphatic carboxylic acids is 1. The van der Waals surface area contributed by atoms with Crippen LogP contribution in [0.4, 0.5) is 0 Å². The highest BCUT2D eigenvalue weighted by molar-refractivity contribution is 5.70. The Balaban J connectivity index is 2.56. The summed E-state index contributed by atoms with van der Waals surface area (Å²) in [5, 5.41) is 8.80. The zero-order valence-electron chi connectivity index (χ0n) is 7.95. The van der Waals surface area contributed by atoms with Crippen molar-refractivity contribution in [2.75, 3.05) is 6.54 Å². The van der Waals surface area contributed by atoms with E-state index in [-0.39, 0.29) is 5.92 Å². The highest BCUT2D eigenvalue weighted by atomic mass is 16.4. The Morgan fingerprint density at radius 3 is 2.42 bits per heavy atom. The molecular weight excluding hydrogens is 154 g/mol. The van der Waals surface area contributed by atoms with Gasteiger partial charge in [0.15, 0.2) is 0 Å². The monoisotopic (exact) mass is 171 g/mol. The summed E-state index contributed by atoms with van der Waals surface area (Å²) in [6, 6.07) is 0.885. The van der Waals surface area contributed by atoms with E-state index in [0.717, 1.165) is 6.42 Å². The van der Waals surface area contributed by atoms with Crippen molar-refractivity contribution in [2.45, 2.75) is 39.3 Å². The van der Waals surface area contributed by atoms with E-state index in [2.05, 4.69) is 25.7 Å². The van der Waals surface area contributed by atoms with Gasteiger partial charge in [-0.2, -0.15) is 0 Å². The average Bonchev–Trinajstić information content (AvgIpc) is 2.30. The van der Waals surface area contributed by atoms with Gasteiger partial charge in [0.05, 0.1) is 5.92 Å². The minimum atomic E-state index is -0.648. The molecule has 0 aromatic rings. The molecule has 0 aliphatic carbocycles. The Morgan fingerprint density at radius 2 is 2.17 bits per heavy atom. The van der Waals surface area contributed by atoms with Gasteiger partial charge in [-0.3, -0.25) is 9.69 Å². The van der Waals surface area contributed by atoms with Crippen molar-refractivity contribution in [1.29, 1.82) is 0 Å². The predicted molar refractivity (Wildman–Crippen MR) is 47.0 cm³/mol. The van der Waals surface area contributed by atoms with Gasteiger partial charge in [-0.25, -0.2) is 0 Å². The van der Waals surface area contributed by atoms with Crippen molar-refractivity contribution in [3.8, 4) is 0 Å². The molecule has 3 nitrogen and oxygen atoms in total. The zero-order valence-corrected chi connectivity index (χ0v) is 7.95. The van der Waals surface area contributed by atoms with Gasteiger partial charge in [0, 0.05) is 18.6 Å². The largest absolute Gasteiger partial charge is 0.481 e. The topological polar surface area (TPSA) is 40.5 Å². The number of carboxylic acid groups (broad SMARTS) is 1. The second kappa shape index (κ2) is 3.44. The van der Waals surface area contributed by atoms with E-state index in [1.807, 2.05) is 0 Å². The van der Waals surface area contributed by atoms with Gasteiger partial charge in [0.25, 0.3) is 0 Å². The number of nitrogens with zero attached hydrogens (tertiary/aromatic N) is 1. The Labute approximate surface area is 73.4 Å². The molecule has 0 spiro atoms. The summed E-state index contributed by atoms with van der Waals surface area (Å²) in [4.78, 5) is 12.9. The van der Waals surface area contributed by atoms with E-state index in [9.17, 15) is 4.79 Å². The van der Waals surface area contributed by atoms with Crippen LogP contribution in [0.3, 0.4) is 0 Å². The van der Waals surface area contributed by atoms with Crippen LogP contribution < -0.4 is 0 Å². The number of hydrogen-bond acceptors (Lipinski definition) is 2. The van der Waals surface area contributed by atoms with Crippen LogP contribution >= 0.6 is 0 Å². The molecular formula is C9H17NO2. The van der Waals surface area contributed by atoms with Crippen LogP contribution in [0, 0.1) is 5.92 Å². The smallest absolute Gasteiger partial charge is 0.307 e. The Bertz CT molecular complexity index is 179. The average molecular weight is 171 g/mol. The van der Waals surface area contributed by atoms with Gasteiger partial charge in [0.2, 0.25) is 0 Å². The van der Waals surface area contributed by atoms with Crippen LogP contribution in [0.2, 0.25) is 0 Å². The third kappa shape index (κ3) is 1.78. The Morgan fingerprint density at radius 1 is 1.58 bits per heavy atom. The lowest BCUT2D eigenvalue weighted by Gasteiger charge is -2.24. The van der Waals surface area contributed by atoms with Gasteiger partial charge in [-0.15, -0.1) is 0 Å². The molecule has 1 aliphatic heterocycles. The lowest BCUT2D eigenvalue weighted by atomic mass is 10.1. The second-order valence-corrected chi connectivity index (χ2v) is 3.91. The molecule has 1 aliphatic rings. The van der Waals surface area contributed by atoms with E-state index in [4.69, 9.17) is 5.11 Å². The maximum atomic E-state index is 10.7. The standard InChI is InChI=1S/C9H17NO2/c1-6(2)10-5-8(9(11)12)4-7(10)3/h6-8H,4-5H2,1-3H3,(H,11,12). The summed E-state index contributed by atoms with van der Waals surface area (Å²) in [5.41, 5.74) is 0. The molecule has 1 heterocycles. The molecule has 0 amide bonds. The van der Waals surface area contributed by atoms with Gasteiger partial charge in [-0.05, 0) is 27.2 Å². The van der Waals surface area contributed by atoms with Crippen LogP contribution in [0.25, 0.3) is 0 Å². The molecule has 1 saturated heterocycles. The lowest BCUT2D eigenvalue weighted by molar-refractivity contribution is -0.141. The third-order valence-corrected chi connectivity index (χ3v) is 2.64. The number of likely N-dealkylation sites (tertiary alicyclic amines) is 1. The van der Waals surface area contributed by atoms with Crippen LogP contribution in [-0.4, -0.2) is 34.6 Å². The van der Waals surface area contributed by atoms with Crippen molar-refractivity contribution >= 4 is 5.97 Å². The van der Waals surface area contributed by atoms with Crippen LogP contribution in [0.5, 0.6) is 0 Å². The molecule has 0 bridgehead atoms. The Kier molecular flexibility index (Phi) is 2.73. The molecule has 2 unspecified atom stereocenters. The minimum Gasteiger partial charge on any atom is -0.481 e. The van der Waals surface area contributed by atoms with Crippen molar-refractivity contribution in [3.63, 3.8) is 0 Å². The van der Waals surface area contributed by atoms with E-state index < -0.39 is 5.97 Å². The lowest BCUT2D eigenvalue weighted by Crippen LogP contribution is -2.34. The van der Waals surface area contributed by atoms with E-state index in [1.165, 1.54) is 0 Å². The molecule has 70 valence electrons. The molecule has 1 rings (SSSR count). The van der Waals surface area contributed by atoms with Gasteiger partial charge in [-0.1, -0.05) is 0 Å². The van der Waals surface area contributed by atoms with Crippen LogP contribution in [0.1, 0.15) is 27.2 Å². The van der Waals surface area contributed by atoms with E-state index in [0.29, 0.717) is 18.6 Å². The number of hydrogen-bond donors (Lipinski definition) is 1. The van der Waals surface area contributed by atoms with Gasteiger partial charge < -0.3 is 5.11 Å². The Hall–Kier alpha value is -0.570. The number of carbonyl (C=O) groups is 1. The number of rotatable bonds is 2. The molecule has 1 N–H and O–H groups in total. The van der Waals surface area contributed by atoms with Crippen molar-refractivity contribution in [3.05, 3.63) is 0 Å². The molecule has 0 radical (unpaired) electrons. The summed E-state index contributed by atoms with van der Waals surface area (Å²) in [7, 11) is 0. The summed E-state index contributed by atoms with van der Waals surface area (Å²) in [5.74, 6) is -0.799. The molecule has 2 atom stereocenters.